The molecule has 2 amide bonds. The Morgan fingerprint density at radius 2 is 1.78 bits per heavy atom. The number of methoxy groups -OCH3 is 1. The van der Waals surface area contributed by atoms with Crippen molar-refractivity contribution in [2.24, 2.45) is 5.92 Å². The lowest BCUT2D eigenvalue weighted by Gasteiger charge is -2.23. The first-order chi connectivity index (χ1) is 15.4. The van der Waals surface area contributed by atoms with E-state index in [0.717, 1.165) is 17.9 Å². The minimum atomic E-state index is -0.660. The Labute approximate surface area is 192 Å². The summed E-state index contributed by atoms with van der Waals surface area (Å²) in [6.45, 7) is 4.17. The first-order valence-electron chi connectivity index (χ1n) is 10.4. The van der Waals surface area contributed by atoms with Crippen molar-refractivity contribution in [2.75, 3.05) is 7.11 Å². The Hall–Kier alpha value is -3.32. The summed E-state index contributed by atoms with van der Waals surface area (Å²) < 4.78 is 6.91. The monoisotopic (exact) mass is 454 g/mol. The van der Waals surface area contributed by atoms with Crippen LogP contribution in [-0.2, 0) is 11.3 Å². The second-order valence-electron chi connectivity index (χ2n) is 7.51. The van der Waals surface area contributed by atoms with Crippen molar-refractivity contribution < 1.29 is 14.3 Å². The zero-order valence-electron chi connectivity index (χ0n) is 18.3. The topological polar surface area (TPSA) is 85.2 Å². The molecule has 1 aromatic heterocycles. The van der Waals surface area contributed by atoms with Gasteiger partial charge < -0.3 is 15.4 Å². The maximum absolute atomic E-state index is 12.9. The molecule has 1 heterocycles. The highest BCUT2D eigenvalue weighted by Crippen LogP contribution is 2.15. The Balaban J connectivity index is 1.63. The average Bonchev–Trinajstić information content (AvgIpc) is 3.30. The van der Waals surface area contributed by atoms with Crippen LogP contribution in [0.25, 0.3) is 5.69 Å². The van der Waals surface area contributed by atoms with Crippen molar-refractivity contribution >= 4 is 23.4 Å². The third-order valence-corrected chi connectivity index (χ3v) is 5.57. The number of carbonyl (C=O) groups is 2. The van der Waals surface area contributed by atoms with Crippen molar-refractivity contribution in [3.05, 3.63) is 77.1 Å². The quantitative estimate of drug-likeness (QED) is 0.511. The molecule has 0 bridgehead atoms. The van der Waals surface area contributed by atoms with E-state index >= 15 is 0 Å². The Bertz CT molecular complexity index is 1050. The van der Waals surface area contributed by atoms with Crippen LogP contribution >= 0.6 is 11.6 Å². The summed E-state index contributed by atoms with van der Waals surface area (Å²) in [6, 6.07) is 15.3. The summed E-state index contributed by atoms with van der Waals surface area (Å²) >= 11 is 5.89. The van der Waals surface area contributed by atoms with E-state index < -0.39 is 6.04 Å². The molecule has 0 aliphatic heterocycles. The number of nitrogens with zero attached hydrogens (tertiary/aromatic N) is 2. The van der Waals surface area contributed by atoms with Gasteiger partial charge in [-0.25, -0.2) is 4.68 Å². The van der Waals surface area contributed by atoms with Crippen LogP contribution in [0.5, 0.6) is 5.75 Å². The SMILES string of the molecule is CCC(C)C(NC(=O)c1ccc(Cl)cc1)C(=O)NCc1ccn(-c2ccc(OC)cc2)n1. The van der Waals surface area contributed by atoms with Gasteiger partial charge in [0, 0.05) is 16.8 Å². The molecule has 32 heavy (non-hydrogen) atoms. The molecule has 0 fully saturated rings. The average molecular weight is 455 g/mol. The number of benzene rings is 2. The van der Waals surface area contributed by atoms with Gasteiger partial charge in [-0.3, -0.25) is 9.59 Å². The van der Waals surface area contributed by atoms with Gasteiger partial charge in [-0.1, -0.05) is 31.9 Å². The van der Waals surface area contributed by atoms with Crippen molar-refractivity contribution in [1.29, 1.82) is 0 Å². The molecule has 8 heteroatoms. The van der Waals surface area contributed by atoms with Gasteiger partial charge in [-0.05, 0) is 60.5 Å². The van der Waals surface area contributed by atoms with E-state index in [2.05, 4.69) is 15.7 Å². The van der Waals surface area contributed by atoms with Crippen LogP contribution in [0, 0.1) is 5.92 Å². The summed E-state index contributed by atoms with van der Waals surface area (Å²) in [5.74, 6) is 0.166. The lowest BCUT2D eigenvalue weighted by molar-refractivity contribution is -0.124. The fraction of sp³-hybridized carbons (Fsp3) is 0.292. The van der Waals surface area contributed by atoms with Crippen LogP contribution < -0.4 is 15.4 Å². The van der Waals surface area contributed by atoms with Gasteiger partial charge in [0.05, 0.1) is 25.0 Å². The maximum Gasteiger partial charge on any atom is 0.251 e. The largest absolute Gasteiger partial charge is 0.497 e. The zero-order chi connectivity index (χ0) is 23.1. The molecule has 2 unspecified atom stereocenters. The summed E-state index contributed by atoms with van der Waals surface area (Å²) in [5, 5.41) is 10.8. The highest BCUT2D eigenvalue weighted by molar-refractivity contribution is 6.30. The number of halogens is 1. The molecule has 3 rings (SSSR count). The molecular weight excluding hydrogens is 428 g/mol. The van der Waals surface area contributed by atoms with Crippen molar-refractivity contribution in [1.82, 2.24) is 20.4 Å². The number of rotatable bonds is 9. The molecule has 0 aliphatic rings. The van der Waals surface area contributed by atoms with E-state index in [0.29, 0.717) is 16.3 Å². The Morgan fingerprint density at radius 1 is 1.09 bits per heavy atom. The van der Waals surface area contributed by atoms with Gasteiger partial charge in [0.2, 0.25) is 5.91 Å². The smallest absolute Gasteiger partial charge is 0.251 e. The van der Waals surface area contributed by atoms with Crippen LogP contribution in [0.2, 0.25) is 5.02 Å². The summed E-state index contributed by atoms with van der Waals surface area (Å²) in [5.41, 5.74) is 2.05. The molecule has 0 aliphatic carbocycles. The number of hydrogen-bond donors (Lipinski definition) is 2. The first-order valence-corrected chi connectivity index (χ1v) is 10.8. The summed E-state index contributed by atoms with van der Waals surface area (Å²) in [4.78, 5) is 25.5. The van der Waals surface area contributed by atoms with Crippen molar-refractivity contribution in [3.63, 3.8) is 0 Å². The number of nitrogens with one attached hydrogen (secondary N) is 2. The van der Waals surface area contributed by atoms with Gasteiger partial charge in [0.25, 0.3) is 5.91 Å². The normalized spacial score (nSPS) is 12.6. The molecule has 0 spiro atoms. The highest BCUT2D eigenvalue weighted by Gasteiger charge is 2.26. The first kappa shape index (κ1) is 23.3. The molecule has 0 radical (unpaired) electrons. The van der Waals surface area contributed by atoms with Crippen molar-refractivity contribution in [3.8, 4) is 11.4 Å². The second-order valence-corrected chi connectivity index (χ2v) is 7.95. The number of carbonyl (C=O) groups excluding carboxylic acids is 2. The highest BCUT2D eigenvalue weighted by atomic mass is 35.5. The number of ether oxygens (including phenoxy) is 1. The molecule has 168 valence electrons. The summed E-state index contributed by atoms with van der Waals surface area (Å²) in [6.07, 6.45) is 2.57. The van der Waals surface area contributed by atoms with E-state index in [1.165, 1.54) is 0 Å². The van der Waals surface area contributed by atoms with Gasteiger partial charge >= 0.3 is 0 Å². The standard InChI is InChI=1S/C24H27ClN4O3/c1-4-16(2)22(27-23(30)17-5-7-18(25)8-6-17)24(31)26-15-19-13-14-29(28-19)20-9-11-21(32-3)12-10-20/h5-14,16,22H,4,15H2,1-3H3,(H,26,31)(H,27,30). The van der Waals surface area contributed by atoms with Crippen LogP contribution in [-0.4, -0.2) is 34.7 Å². The molecule has 0 saturated heterocycles. The third-order valence-electron chi connectivity index (χ3n) is 5.31. The van der Waals surface area contributed by atoms with Crippen molar-refractivity contribution in [2.45, 2.75) is 32.9 Å². The predicted molar refractivity (Wildman–Crippen MR) is 124 cm³/mol. The van der Waals surface area contributed by atoms with Gasteiger partial charge in [-0.2, -0.15) is 5.10 Å². The number of hydrogen-bond acceptors (Lipinski definition) is 4. The lowest BCUT2D eigenvalue weighted by Crippen LogP contribution is -2.50. The van der Waals surface area contributed by atoms with E-state index in [1.807, 2.05) is 50.4 Å². The van der Waals surface area contributed by atoms with Crippen LogP contribution in [0.3, 0.4) is 0 Å². The Kier molecular flexibility index (Phi) is 7.89. The van der Waals surface area contributed by atoms with Crippen LogP contribution in [0.1, 0.15) is 36.3 Å². The maximum atomic E-state index is 12.9. The molecule has 2 aromatic carbocycles. The van der Waals surface area contributed by atoms with Crippen LogP contribution in [0.15, 0.2) is 60.8 Å². The van der Waals surface area contributed by atoms with E-state index in [-0.39, 0.29) is 24.3 Å². The van der Waals surface area contributed by atoms with E-state index in [9.17, 15) is 9.59 Å². The Morgan fingerprint density at radius 3 is 2.41 bits per heavy atom. The molecule has 0 saturated carbocycles. The van der Waals surface area contributed by atoms with E-state index in [4.69, 9.17) is 16.3 Å². The third kappa shape index (κ3) is 5.88. The zero-order valence-corrected chi connectivity index (χ0v) is 19.1. The fourth-order valence-electron chi connectivity index (χ4n) is 3.15. The summed E-state index contributed by atoms with van der Waals surface area (Å²) in [7, 11) is 1.62. The second kappa shape index (κ2) is 10.8. The molecule has 2 N–H and O–H groups in total. The number of amides is 2. The molecule has 7 nitrogen and oxygen atoms in total. The lowest BCUT2D eigenvalue weighted by atomic mass is 9.98. The predicted octanol–water partition coefficient (Wildman–Crippen LogP) is 4.00. The van der Waals surface area contributed by atoms with Gasteiger partial charge in [-0.15, -0.1) is 0 Å². The van der Waals surface area contributed by atoms with E-state index in [1.54, 1.807) is 36.1 Å². The van der Waals surface area contributed by atoms with Gasteiger partial charge in [0.1, 0.15) is 11.8 Å². The minimum absolute atomic E-state index is 0.0388. The number of aromatic nitrogens is 2. The fourth-order valence-corrected chi connectivity index (χ4v) is 3.28. The molecule has 3 aromatic rings. The minimum Gasteiger partial charge on any atom is -0.497 e. The van der Waals surface area contributed by atoms with Gasteiger partial charge in [0.15, 0.2) is 0 Å². The molecular formula is C24H27ClN4O3. The molecule has 2 atom stereocenters. The van der Waals surface area contributed by atoms with Crippen LogP contribution in [0.4, 0.5) is 0 Å².